The second-order valence-electron chi connectivity index (χ2n) is 12.5. The zero-order valence-corrected chi connectivity index (χ0v) is 24.1. The van der Waals surface area contributed by atoms with Gasteiger partial charge in [0, 0.05) is 17.4 Å². The van der Waals surface area contributed by atoms with Crippen LogP contribution in [0.15, 0.2) is 45.6 Å². The van der Waals surface area contributed by atoms with Gasteiger partial charge in [0.2, 0.25) is 5.78 Å². The third-order valence-corrected chi connectivity index (χ3v) is 13.1. The van der Waals surface area contributed by atoms with E-state index in [4.69, 9.17) is 8.84 Å². The molecule has 1 aromatic heterocycles. The van der Waals surface area contributed by atoms with Gasteiger partial charge in [0.15, 0.2) is 8.32 Å². The Labute approximate surface area is 203 Å². The van der Waals surface area contributed by atoms with E-state index in [1.165, 1.54) is 11.1 Å². The fourth-order valence-corrected chi connectivity index (χ4v) is 6.53. The summed E-state index contributed by atoms with van der Waals surface area (Å²) in [5.41, 5.74) is 6.66. The Morgan fingerprint density at radius 1 is 1.21 bits per heavy atom. The van der Waals surface area contributed by atoms with E-state index in [-0.39, 0.29) is 22.3 Å². The first-order valence-corrected chi connectivity index (χ1v) is 18.8. The van der Waals surface area contributed by atoms with E-state index in [0.29, 0.717) is 0 Å². The van der Waals surface area contributed by atoms with Crippen molar-refractivity contribution in [1.82, 2.24) is 0 Å². The third-order valence-electron chi connectivity index (χ3n) is 7.72. The summed E-state index contributed by atoms with van der Waals surface area (Å²) in [5.74, 6) is 3.99. The summed E-state index contributed by atoms with van der Waals surface area (Å²) < 4.78 is 12.6. The number of carbonyl (C=O) groups is 1. The molecule has 1 aromatic rings. The lowest BCUT2D eigenvalue weighted by Gasteiger charge is -2.46. The van der Waals surface area contributed by atoms with Crippen molar-refractivity contribution in [2.24, 2.45) is 5.41 Å². The summed E-state index contributed by atoms with van der Waals surface area (Å²) >= 11 is 0. The van der Waals surface area contributed by atoms with Gasteiger partial charge in [-0.25, -0.2) is 0 Å². The minimum Gasteiger partial charge on any atom is -0.469 e. The van der Waals surface area contributed by atoms with Crippen LogP contribution in [-0.4, -0.2) is 28.3 Å². The SMILES string of the molecule is CC(C)(C)[Si](C)(C)O[C@H]1CC=C2C(CCc3ccco3)=C(C(=O)C#C[Si](C)(C)C)CC[C@@]21C. The molecule has 0 saturated carbocycles. The third kappa shape index (κ3) is 5.73. The van der Waals surface area contributed by atoms with Crippen molar-refractivity contribution in [3.8, 4) is 11.5 Å². The van der Waals surface area contributed by atoms with Crippen molar-refractivity contribution < 1.29 is 13.6 Å². The zero-order chi connectivity index (χ0) is 24.7. The number of ketones is 1. The van der Waals surface area contributed by atoms with E-state index in [0.717, 1.165) is 43.4 Å². The van der Waals surface area contributed by atoms with Crippen LogP contribution in [0.5, 0.6) is 0 Å². The minimum atomic E-state index is -1.90. The smallest absolute Gasteiger partial charge is 0.231 e. The largest absolute Gasteiger partial charge is 0.469 e. The van der Waals surface area contributed by atoms with Crippen molar-refractivity contribution in [2.75, 3.05) is 0 Å². The fraction of sp³-hybridized carbons (Fsp3) is 0.607. The Morgan fingerprint density at radius 3 is 2.48 bits per heavy atom. The molecule has 0 aromatic carbocycles. The Bertz CT molecular complexity index is 1000. The highest BCUT2D eigenvalue weighted by Crippen LogP contribution is 2.54. The van der Waals surface area contributed by atoms with E-state index in [1.807, 2.05) is 12.1 Å². The maximum atomic E-state index is 13.3. The standard InChI is InChI=1S/C28H42O3Si2/c1-27(2,3)33(8,9)31-26-15-14-24-22(13-12-21-11-10-19-30-21)23(16-18-28(24,26)4)25(29)17-20-32(5,6)7/h10-11,14,19,26H,12-13,15-16,18H2,1-9H3/t26-,28-/m0/s1. The van der Waals surface area contributed by atoms with Crippen molar-refractivity contribution >= 4 is 22.2 Å². The molecule has 0 spiro atoms. The highest BCUT2D eigenvalue weighted by atomic mass is 28.4. The molecule has 0 bridgehead atoms. The van der Waals surface area contributed by atoms with Crippen LogP contribution in [0, 0.1) is 16.9 Å². The van der Waals surface area contributed by atoms with Crippen LogP contribution in [0.3, 0.4) is 0 Å². The lowest BCUT2D eigenvalue weighted by molar-refractivity contribution is -0.111. The number of hydrogen-bond acceptors (Lipinski definition) is 3. The number of aryl methyl sites for hydroxylation is 1. The summed E-state index contributed by atoms with van der Waals surface area (Å²) in [6.45, 7) is 20.5. The normalized spacial score (nSPS) is 23.7. The van der Waals surface area contributed by atoms with Crippen LogP contribution in [0.4, 0.5) is 0 Å². The molecule has 2 aliphatic rings. The highest BCUT2D eigenvalue weighted by molar-refractivity contribution is 6.84. The number of furan rings is 1. The minimum absolute atomic E-state index is 0.0172. The second-order valence-corrected chi connectivity index (χ2v) is 22.0. The molecule has 0 fully saturated rings. The molecule has 0 unspecified atom stereocenters. The molecule has 3 nitrogen and oxygen atoms in total. The molecular formula is C28H42O3Si2. The lowest BCUT2D eigenvalue weighted by atomic mass is 9.67. The maximum Gasteiger partial charge on any atom is 0.231 e. The summed E-state index contributed by atoms with van der Waals surface area (Å²) in [6, 6.07) is 3.94. The van der Waals surface area contributed by atoms with Crippen molar-refractivity contribution in [3.05, 3.63) is 47.0 Å². The topological polar surface area (TPSA) is 39.4 Å². The molecule has 0 amide bonds. The van der Waals surface area contributed by atoms with Crippen LogP contribution < -0.4 is 0 Å². The van der Waals surface area contributed by atoms with Gasteiger partial charge in [0.25, 0.3) is 0 Å². The Balaban J connectivity index is 1.95. The van der Waals surface area contributed by atoms with Crippen molar-refractivity contribution in [2.45, 2.75) is 104 Å². The molecule has 2 aliphatic carbocycles. The van der Waals surface area contributed by atoms with Crippen LogP contribution in [0.1, 0.15) is 59.1 Å². The lowest BCUT2D eigenvalue weighted by Crippen LogP contribution is -2.48. The van der Waals surface area contributed by atoms with Gasteiger partial charge in [-0.05, 0) is 73.0 Å². The monoisotopic (exact) mass is 482 g/mol. The predicted octanol–water partition coefficient (Wildman–Crippen LogP) is 7.48. The van der Waals surface area contributed by atoms with E-state index in [1.54, 1.807) is 6.26 Å². The van der Waals surface area contributed by atoms with Gasteiger partial charge in [-0.2, -0.15) is 0 Å². The predicted molar refractivity (Wildman–Crippen MR) is 142 cm³/mol. The average Bonchev–Trinajstić information content (AvgIpc) is 3.31. The molecule has 1 heterocycles. The molecule has 5 heteroatoms. The van der Waals surface area contributed by atoms with Crippen molar-refractivity contribution in [1.29, 1.82) is 0 Å². The number of rotatable bonds is 6. The van der Waals surface area contributed by atoms with Crippen LogP contribution >= 0.6 is 0 Å². The van der Waals surface area contributed by atoms with E-state index in [9.17, 15) is 4.79 Å². The molecule has 2 atom stereocenters. The summed E-state index contributed by atoms with van der Waals surface area (Å²) in [5, 5.41) is 0.173. The average molecular weight is 483 g/mol. The van der Waals surface area contributed by atoms with Crippen LogP contribution in [0.25, 0.3) is 0 Å². The number of allylic oxidation sites excluding steroid dienone is 2. The number of hydrogen-bond donors (Lipinski definition) is 0. The van der Waals surface area contributed by atoms with E-state index < -0.39 is 16.4 Å². The Kier molecular flexibility index (Phi) is 7.25. The highest BCUT2D eigenvalue weighted by Gasteiger charge is 2.50. The second kappa shape index (κ2) is 9.21. The molecule has 33 heavy (non-hydrogen) atoms. The van der Waals surface area contributed by atoms with Crippen molar-refractivity contribution in [3.63, 3.8) is 0 Å². The maximum absolute atomic E-state index is 13.3. The van der Waals surface area contributed by atoms with Gasteiger partial charge in [-0.15, -0.1) is 5.54 Å². The first-order valence-electron chi connectivity index (χ1n) is 12.3. The molecule has 3 rings (SSSR count). The molecule has 0 saturated heterocycles. The Hall–Kier alpha value is -1.62. The van der Waals surface area contributed by atoms with Gasteiger partial charge < -0.3 is 8.84 Å². The Morgan fingerprint density at radius 2 is 1.91 bits per heavy atom. The zero-order valence-electron chi connectivity index (χ0n) is 22.1. The van der Waals surface area contributed by atoms with Crippen LogP contribution in [0.2, 0.25) is 37.8 Å². The van der Waals surface area contributed by atoms with Gasteiger partial charge in [-0.1, -0.05) is 53.4 Å². The van der Waals surface area contributed by atoms with Gasteiger partial charge in [0.1, 0.15) is 13.8 Å². The van der Waals surface area contributed by atoms with Gasteiger partial charge in [0.05, 0.1) is 12.4 Å². The number of Topliss-reactive ketones (excluding diaryl/α,β-unsaturated/α-hetero) is 1. The number of carbonyl (C=O) groups excluding carboxylic acids is 1. The molecule has 0 N–H and O–H groups in total. The summed E-state index contributed by atoms with van der Waals surface area (Å²) in [4.78, 5) is 13.3. The van der Waals surface area contributed by atoms with Crippen LogP contribution in [-0.2, 0) is 15.6 Å². The molecule has 180 valence electrons. The van der Waals surface area contributed by atoms with E-state index in [2.05, 4.69) is 78.0 Å². The van der Waals surface area contributed by atoms with E-state index >= 15 is 0 Å². The fourth-order valence-electron chi connectivity index (χ4n) is 4.62. The first kappa shape index (κ1) is 26.0. The summed E-state index contributed by atoms with van der Waals surface area (Å²) in [6.07, 6.45) is 8.49. The summed E-state index contributed by atoms with van der Waals surface area (Å²) in [7, 11) is -3.51. The number of fused-ring (bicyclic) bond motifs is 1. The molecule has 0 aliphatic heterocycles. The quantitative estimate of drug-likeness (QED) is 0.312. The first-order chi connectivity index (χ1) is 15.1. The molecule has 0 radical (unpaired) electrons. The van der Waals surface area contributed by atoms with Gasteiger partial charge in [-0.3, -0.25) is 4.79 Å². The molecular weight excluding hydrogens is 440 g/mol. The van der Waals surface area contributed by atoms with Gasteiger partial charge >= 0.3 is 0 Å².